The zero-order chi connectivity index (χ0) is 26.3. The number of aromatic nitrogens is 1. The van der Waals surface area contributed by atoms with E-state index in [4.69, 9.17) is 26.2 Å². The summed E-state index contributed by atoms with van der Waals surface area (Å²) < 4.78 is 65.9. The van der Waals surface area contributed by atoms with E-state index in [2.05, 4.69) is 4.98 Å². The van der Waals surface area contributed by atoms with Crippen molar-refractivity contribution in [2.75, 3.05) is 19.6 Å². The van der Waals surface area contributed by atoms with E-state index in [-0.39, 0.29) is 31.6 Å². The van der Waals surface area contributed by atoms with Gasteiger partial charge in [0.05, 0.1) is 18.2 Å². The summed E-state index contributed by atoms with van der Waals surface area (Å²) in [4.78, 5) is 27.6. The molecule has 9 nitrogen and oxygen atoms in total. The Kier molecular flexibility index (Phi) is 7.03. The van der Waals surface area contributed by atoms with Gasteiger partial charge in [0.1, 0.15) is 10.9 Å². The Hall–Kier alpha value is -2.74. The molecule has 1 spiro atoms. The van der Waals surface area contributed by atoms with Crippen LogP contribution >= 0.6 is 11.6 Å². The summed E-state index contributed by atoms with van der Waals surface area (Å²) in [5.41, 5.74) is 0.435. The maximum absolute atomic E-state index is 13.2. The number of amides is 1. The maximum atomic E-state index is 13.2. The van der Waals surface area contributed by atoms with Gasteiger partial charge < -0.3 is 14.7 Å². The van der Waals surface area contributed by atoms with Crippen LogP contribution in [0.3, 0.4) is 0 Å². The largest absolute Gasteiger partial charge is 0.490 e. The molecule has 3 saturated heterocycles. The van der Waals surface area contributed by atoms with Gasteiger partial charge in [0.15, 0.2) is 0 Å². The third-order valence-electron chi connectivity index (χ3n) is 6.20. The van der Waals surface area contributed by atoms with E-state index in [1.165, 1.54) is 10.5 Å². The monoisotopic (exact) mass is 547 g/mol. The number of carbonyl (C=O) groups is 2. The molecule has 0 radical (unpaired) electrons. The maximum Gasteiger partial charge on any atom is 0.490 e. The van der Waals surface area contributed by atoms with Crippen LogP contribution in [-0.4, -0.2) is 82.4 Å². The second-order valence-electron chi connectivity index (χ2n) is 8.70. The van der Waals surface area contributed by atoms with Gasteiger partial charge in [0.2, 0.25) is 10.0 Å². The highest BCUT2D eigenvalue weighted by Crippen LogP contribution is 2.47. The second kappa shape index (κ2) is 9.61. The van der Waals surface area contributed by atoms with E-state index < -0.39 is 33.0 Å². The number of carboxylic acids is 1. The molecular weight excluding hydrogens is 527 g/mol. The number of hydrogen-bond donors (Lipinski definition) is 1. The van der Waals surface area contributed by atoms with Crippen LogP contribution in [0.25, 0.3) is 0 Å². The average Bonchev–Trinajstić information content (AvgIpc) is 3.18. The van der Waals surface area contributed by atoms with Gasteiger partial charge in [0, 0.05) is 37.1 Å². The highest BCUT2D eigenvalue weighted by Gasteiger charge is 2.65. The summed E-state index contributed by atoms with van der Waals surface area (Å²) in [7, 11) is -3.54. The summed E-state index contributed by atoms with van der Waals surface area (Å²) in [5.74, 6) is -2.90. The number of likely N-dealkylation sites (tertiary alicyclic amines) is 1. The molecule has 1 aromatic carbocycles. The fourth-order valence-corrected chi connectivity index (χ4v) is 7.26. The average molecular weight is 548 g/mol. The minimum Gasteiger partial charge on any atom is -0.475 e. The number of nitrogens with zero attached hydrogens (tertiary/aromatic N) is 3. The van der Waals surface area contributed by atoms with Crippen molar-refractivity contribution in [1.82, 2.24) is 14.2 Å². The Bertz CT molecular complexity index is 1260. The molecule has 1 aromatic heterocycles. The standard InChI is InChI=1S/C20H20ClN3O4S.C2HF3O2/c21-16-5-1-3-14(7-16)10-24-13-20-12-23(19(25)15-4-2-6-22-9-15)11-17(28-20)8-18(20)29(24,26)27;3-2(4,5)1(6)7/h1-7,9,17-18H,8,10-13H2;(H,6,7)/t17-,18+,20+;/m1./s1. The van der Waals surface area contributed by atoms with E-state index in [1.54, 1.807) is 41.4 Å². The second-order valence-corrected chi connectivity index (χ2v) is 11.3. The van der Waals surface area contributed by atoms with Gasteiger partial charge in [-0.25, -0.2) is 13.2 Å². The summed E-state index contributed by atoms with van der Waals surface area (Å²) >= 11 is 6.05. The van der Waals surface area contributed by atoms with Gasteiger partial charge >= 0.3 is 12.1 Å². The van der Waals surface area contributed by atoms with Crippen LogP contribution in [0.5, 0.6) is 0 Å². The first-order chi connectivity index (χ1) is 16.8. The molecule has 1 N–H and O–H groups in total. The highest BCUT2D eigenvalue weighted by molar-refractivity contribution is 7.90. The number of benzene rings is 1. The fraction of sp³-hybridized carbons (Fsp3) is 0.409. The van der Waals surface area contributed by atoms with Crippen LogP contribution in [-0.2, 0) is 26.1 Å². The summed E-state index contributed by atoms with van der Waals surface area (Å²) in [5, 5.41) is 7.06. The fourth-order valence-electron chi connectivity index (χ4n) is 4.76. The van der Waals surface area contributed by atoms with Crippen molar-refractivity contribution < 1.29 is 41.0 Å². The minimum absolute atomic E-state index is 0.142. The summed E-state index contributed by atoms with van der Waals surface area (Å²) in [6.07, 6.45) is -1.79. The molecule has 0 aliphatic carbocycles. The van der Waals surface area contributed by atoms with Crippen molar-refractivity contribution in [3.05, 3.63) is 64.9 Å². The Morgan fingerprint density at radius 1 is 1.22 bits per heavy atom. The zero-order valence-corrected chi connectivity index (χ0v) is 20.1. The van der Waals surface area contributed by atoms with Gasteiger partial charge in [0.25, 0.3) is 5.91 Å². The first kappa shape index (κ1) is 26.3. The van der Waals surface area contributed by atoms with E-state index in [0.717, 1.165) is 5.56 Å². The minimum atomic E-state index is -5.08. The van der Waals surface area contributed by atoms with Gasteiger partial charge in [-0.15, -0.1) is 0 Å². The first-order valence-corrected chi connectivity index (χ1v) is 12.6. The van der Waals surface area contributed by atoms with Gasteiger partial charge in [-0.05, 0) is 36.2 Å². The molecule has 0 saturated carbocycles. The lowest BCUT2D eigenvalue weighted by Gasteiger charge is -2.39. The number of morpholine rings is 1. The molecule has 3 aliphatic heterocycles. The topological polar surface area (TPSA) is 117 Å². The zero-order valence-electron chi connectivity index (χ0n) is 18.6. The van der Waals surface area contributed by atoms with E-state index >= 15 is 0 Å². The quantitative estimate of drug-likeness (QED) is 0.627. The van der Waals surface area contributed by atoms with Crippen LogP contribution in [0.2, 0.25) is 5.02 Å². The third kappa shape index (κ3) is 5.19. The number of rotatable bonds is 3. The molecule has 14 heteroatoms. The number of halogens is 4. The molecule has 2 bridgehead atoms. The summed E-state index contributed by atoms with van der Waals surface area (Å²) in [6.45, 7) is 1.13. The number of sulfonamides is 1. The van der Waals surface area contributed by atoms with Crippen LogP contribution < -0.4 is 0 Å². The molecule has 3 atom stereocenters. The Balaban J connectivity index is 0.000000384. The van der Waals surface area contributed by atoms with Crippen LogP contribution in [0, 0.1) is 0 Å². The Labute approximate surface area is 209 Å². The number of alkyl halides is 3. The lowest BCUT2D eigenvalue weighted by Crippen LogP contribution is -2.56. The van der Waals surface area contributed by atoms with Crippen LogP contribution in [0.1, 0.15) is 22.3 Å². The van der Waals surface area contributed by atoms with Crippen molar-refractivity contribution >= 4 is 33.5 Å². The predicted molar refractivity (Wildman–Crippen MR) is 121 cm³/mol. The van der Waals surface area contributed by atoms with Crippen LogP contribution in [0.15, 0.2) is 48.8 Å². The number of fused-ring (bicyclic) bond motifs is 1. The van der Waals surface area contributed by atoms with Gasteiger partial charge in [-0.3, -0.25) is 9.78 Å². The number of aliphatic carboxylic acids is 1. The Morgan fingerprint density at radius 2 is 1.94 bits per heavy atom. The molecule has 36 heavy (non-hydrogen) atoms. The van der Waals surface area contributed by atoms with Crippen molar-refractivity contribution in [2.45, 2.75) is 36.1 Å². The van der Waals surface area contributed by atoms with Crippen molar-refractivity contribution in [3.8, 4) is 0 Å². The Morgan fingerprint density at radius 3 is 2.56 bits per heavy atom. The normalized spacial score (nSPS) is 26.6. The molecule has 0 unspecified atom stereocenters. The molecule has 5 rings (SSSR count). The number of hydrogen-bond acceptors (Lipinski definition) is 6. The summed E-state index contributed by atoms with van der Waals surface area (Å²) in [6, 6.07) is 10.6. The lowest BCUT2D eigenvalue weighted by atomic mass is 9.99. The van der Waals surface area contributed by atoms with Gasteiger partial charge in [-0.2, -0.15) is 17.5 Å². The molecule has 194 valence electrons. The lowest BCUT2D eigenvalue weighted by molar-refractivity contribution is -0.192. The SMILES string of the molecule is O=C(O)C(F)(F)F.O=C(c1cccnc1)N1C[C@H]2C[C@H]3[C@](C1)(CN(Cc1cccc(Cl)c1)S3(=O)=O)O2. The smallest absolute Gasteiger partial charge is 0.475 e. The molecule has 3 aliphatic rings. The number of carboxylic acid groups (broad SMARTS) is 1. The first-order valence-electron chi connectivity index (χ1n) is 10.7. The molecule has 1 amide bonds. The van der Waals surface area contributed by atoms with Crippen molar-refractivity contribution in [1.29, 1.82) is 0 Å². The number of ether oxygens (including phenoxy) is 1. The van der Waals surface area contributed by atoms with Crippen molar-refractivity contribution in [2.24, 2.45) is 0 Å². The molecule has 3 fully saturated rings. The molecular formula is C22H21ClF3N3O6S. The number of carbonyl (C=O) groups excluding carboxylic acids is 1. The highest BCUT2D eigenvalue weighted by atomic mass is 35.5. The van der Waals surface area contributed by atoms with E-state index in [9.17, 15) is 26.4 Å². The van der Waals surface area contributed by atoms with Crippen LogP contribution in [0.4, 0.5) is 13.2 Å². The predicted octanol–water partition coefficient (Wildman–Crippen LogP) is 2.57. The third-order valence-corrected chi connectivity index (χ3v) is 8.75. The molecule has 4 heterocycles. The number of pyridine rings is 1. The van der Waals surface area contributed by atoms with Crippen molar-refractivity contribution in [3.63, 3.8) is 0 Å². The van der Waals surface area contributed by atoms with E-state index in [0.29, 0.717) is 23.6 Å². The molecule has 2 aromatic rings. The van der Waals surface area contributed by atoms with Gasteiger partial charge in [-0.1, -0.05) is 23.7 Å². The van der Waals surface area contributed by atoms with E-state index in [1.807, 2.05) is 6.07 Å².